The van der Waals surface area contributed by atoms with Crippen molar-refractivity contribution in [3.8, 4) is 5.75 Å². The fourth-order valence-electron chi connectivity index (χ4n) is 3.49. The first kappa shape index (κ1) is 21.6. The van der Waals surface area contributed by atoms with Crippen molar-refractivity contribution in [2.75, 3.05) is 13.7 Å². The number of hydrogen-bond donors (Lipinski definition) is 2. The molecule has 0 spiro atoms. The lowest BCUT2D eigenvalue weighted by Crippen LogP contribution is -2.42. The van der Waals surface area contributed by atoms with Gasteiger partial charge in [0.2, 0.25) is 10.0 Å². The number of carbonyl (C=O) groups excluding carboxylic acids is 2. The average molecular weight is 425 g/mol. The Balaban J connectivity index is 1.62. The highest BCUT2D eigenvalue weighted by Crippen LogP contribution is 2.28. The lowest BCUT2D eigenvalue weighted by atomic mass is 9.86. The predicted molar refractivity (Wildman–Crippen MR) is 106 cm³/mol. The standard InChI is InChI=1S/C20H28N2O6S/c1-13-5-3-4-6-16(13)21-19(23)12-28-20(24)14-7-10-17(27-2)18(11-14)29(25,26)22-15-8-9-15/h7,10-11,13,15-16,22H,3-6,8-9,12H2,1-2H3,(H,21,23)/t13-,16+/m0/s1. The van der Waals surface area contributed by atoms with E-state index in [9.17, 15) is 18.0 Å². The van der Waals surface area contributed by atoms with Crippen LogP contribution in [0.1, 0.15) is 55.8 Å². The van der Waals surface area contributed by atoms with E-state index in [1.165, 1.54) is 31.7 Å². The van der Waals surface area contributed by atoms with Gasteiger partial charge in [0.15, 0.2) is 6.61 Å². The van der Waals surface area contributed by atoms with Gasteiger partial charge in [-0.25, -0.2) is 17.9 Å². The van der Waals surface area contributed by atoms with Gasteiger partial charge in [0.05, 0.1) is 12.7 Å². The molecule has 0 saturated heterocycles. The fourth-order valence-corrected chi connectivity index (χ4v) is 4.99. The van der Waals surface area contributed by atoms with Gasteiger partial charge in [-0.15, -0.1) is 0 Å². The fraction of sp³-hybridized carbons (Fsp3) is 0.600. The molecule has 29 heavy (non-hydrogen) atoms. The molecule has 1 amide bonds. The minimum atomic E-state index is -3.81. The first-order chi connectivity index (χ1) is 13.8. The zero-order valence-corrected chi connectivity index (χ0v) is 17.6. The van der Waals surface area contributed by atoms with Gasteiger partial charge in [0, 0.05) is 12.1 Å². The van der Waals surface area contributed by atoms with Crippen molar-refractivity contribution in [1.82, 2.24) is 10.0 Å². The van der Waals surface area contributed by atoms with Crippen LogP contribution in [0.3, 0.4) is 0 Å². The number of carbonyl (C=O) groups is 2. The second kappa shape index (κ2) is 9.13. The molecular formula is C20H28N2O6S. The molecule has 9 heteroatoms. The summed E-state index contributed by atoms with van der Waals surface area (Å²) in [7, 11) is -2.45. The van der Waals surface area contributed by atoms with Gasteiger partial charge in [-0.1, -0.05) is 19.8 Å². The van der Waals surface area contributed by atoms with E-state index in [-0.39, 0.29) is 34.2 Å². The van der Waals surface area contributed by atoms with E-state index < -0.39 is 22.6 Å². The van der Waals surface area contributed by atoms with Gasteiger partial charge in [-0.2, -0.15) is 0 Å². The summed E-state index contributed by atoms with van der Waals surface area (Å²) in [5.74, 6) is -0.577. The van der Waals surface area contributed by atoms with E-state index in [0.717, 1.165) is 32.1 Å². The summed E-state index contributed by atoms with van der Waals surface area (Å²) in [4.78, 5) is 24.4. The molecule has 0 radical (unpaired) electrons. The highest BCUT2D eigenvalue weighted by atomic mass is 32.2. The summed E-state index contributed by atoms with van der Waals surface area (Å²) in [6, 6.07) is 4.06. The smallest absolute Gasteiger partial charge is 0.338 e. The molecule has 0 bridgehead atoms. The third kappa shape index (κ3) is 5.70. The molecule has 2 fully saturated rings. The Bertz CT molecular complexity index is 866. The third-order valence-electron chi connectivity index (χ3n) is 5.38. The van der Waals surface area contributed by atoms with Gasteiger partial charge in [-0.05, 0) is 49.8 Å². The molecule has 1 aromatic carbocycles. The Morgan fingerprint density at radius 2 is 1.86 bits per heavy atom. The molecule has 0 aromatic heterocycles. The molecule has 2 saturated carbocycles. The maximum absolute atomic E-state index is 12.5. The maximum atomic E-state index is 12.5. The minimum Gasteiger partial charge on any atom is -0.495 e. The number of methoxy groups -OCH3 is 1. The number of esters is 1. The minimum absolute atomic E-state index is 0.0424. The Morgan fingerprint density at radius 3 is 2.52 bits per heavy atom. The summed E-state index contributed by atoms with van der Waals surface area (Å²) in [5.41, 5.74) is 0.0424. The Hall–Kier alpha value is -2.13. The van der Waals surface area contributed by atoms with E-state index in [1.807, 2.05) is 0 Å². The van der Waals surface area contributed by atoms with E-state index in [0.29, 0.717) is 5.92 Å². The van der Waals surface area contributed by atoms with Crippen LogP contribution in [0.2, 0.25) is 0 Å². The molecule has 2 atom stereocenters. The topological polar surface area (TPSA) is 111 Å². The number of amides is 1. The Morgan fingerprint density at radius 1 is 1.14 bits per heavy atom. The summed E-state index contributed by atoms with van der Waals surface area (Å²) in [5, 5.41) is 2.92. The van der Waals surface area contributed by atoms with Crippen LogP contribution in [0.15, 0.2) is 23.1 Å². The van der Waals surface area contributed by atoms with Gasteiger partial charge >= 0.3 is 5.97 Å². The van der Waals surface area contributed by atoms with Crippen LogP contribution in [0.4, 0.5) is 0 Å². The van der Waals surface area contributed by atoms with Crippen LogP contribution < -0.4 is 14.8 Å². The number of ether oxygens (including phenoxy) is 2. The van der Waals surface area contributed by atoms with Gasteiger partial charge < -0.3 is 14.8 Å². The molecule has 2 aliphatic carbocycles. The van der Waals surface area contributed by atoms with Crippen molar-refractivity contribution in [2.45, 2.75) is 62.4 Å². The van der Waals surface area contributed by atoms with Crippen molar-refractivity contribution in [1.29, 1.82) is 0 Å². The molecule has 0 aliphatic heterocycles. The number of benzene rings is 1. The maximum Gasteiger partial charge on any atom is 0.338 e. The number of hydrogen-bond acceptors (Lipinski definition) is 6. The molecule has 0 heterocycles. The summed E-state index contributed by atoms with van der Waals surface area (Å²) >= 11 is 0. The Labute approximate surface area is 171 Å². The van der Waals surface area contributed by atoms with E-state index in [1.54, 1.807) is 0 Å². The second-order valence-corrected chi connectivity index (χ2v) is 9.46. The first-order valence-corrected chi connectivity index (χ1v) is 11.5. The number of sulfonamides is 1. The van der Waals surface area contributed by atoms with Gasteiger partial charge in [0.1, 0.15) is 10.6 Å². The molecule has 1 aromatic rings. The number of rotatable bonds is 8. The molecule has 3 rings (SSSR count). The lowest BCUT2D eigenvalue weighted by molar-refractivity contribution is -0.125. The third-order valence-corrected chi connectivity index (χ3v) is 6.92. The van der Waals surface area contributed by atoms with Crippen molar-refractivity contribution in [3.05, 3.63) is 23.8 Å². The van der Waals surface area contributed by atoms with Crippen LogP contribution in [0.5, 0.6) is 5.75 Å². The summed E-state index contributed by atoms with van der Waals surface area (Å²) in [6.45, 7) is 1.70. The predicted octanol–water partition coefficient (Wildman–Crippen LogP) is 1.99. The zero-order chi connectivity index (χ0) is 21.0. The summed E-state index contributed by atoms with van der Waals surface area (Å²) in [6.07, 6.45) is 5.82. The highest BCUT2D eigenvalue weighted by Gasteiger charge is 2.30. The van der Waals surface area contributed by atoms with Crippen molar-refractivity contribution >= 4 is 21.9 Å². The quantitative estimate of drug-likeness (QED) is 0.618. The average Bonchev–Trinajstić information content (AvgIpc) is 3.50. The largest absolute Gasteiger partial charge is 0.495 e. The van der Waals surface area contributed by atoms with Crippen LogP contribution in [-0.2, 0) is 19.6 Å². The van der Waals surface area contributed by atoms with E-state index in [2.05, 4.69) is 17.0 Å². The SMILES string of the molecule is COc1ccc(C(=O)OCC(=O)N[C@@H]2CCCC[C@@H]2C)cc1S(=O)(=O)NC1CC1. The molecular weight excluding hydrogens is 396 g/mol. The van der Waals surface area contributed by atoms with Crippen molar-refractivity contribution in [2.24, 2.45) is 5.92 Å². The number of nitrogens with one attached hydrogen (secondary N) is 2. The van der Waals surface area contributed by atoms with Crippen LogP contribution in [-0.4, -0.2) is 46.1 Å². The molecule has 8 nitrogen and oxygen atoms in total. The zero-order valence-electron chi connectivity index (χ0n) is 16.8. The first-order valence-electron chi connectivity index (χ1n) is 9.97. The highest BCUT2D eigenvalue weighted by molar-refractivity contribution is 7.89. The van der Waals surface area contributed by atoms with Gasteiger partial charge in [-0.3, -0.25) is 4.79 Å². The second-order valence-electron chi connectivity index (χ2n) is 7.77. The van der Waals surface area contributed by atoms with Crippen molar-refractivity contribution in [3.63, 3.8) is 0 Å². The summed E-state index contributed by atoms with van der Waals surface area (Å²) < 4.78 is 37.9. The normalized spacial score (nSPS) is 22.0. The molecule has 0 unspecified atom stereocenters. The monoisotopic (exact) mass is 424 g/mol. The Kier molecular flexibility index (Phi) is 6.79. The van der Waals surface area contributed by atoms with E-state index in [4.69, 9.17) is 9.47 Å². The van der Waals surface area contributed by atoms with Crippen LogP contribution >= 0.6 is 0 Å². The van der Waals surface area contributed by atoms with Crippen molar-refractivity contribution < 1.29 is 27.5 Å². The molecule has 2 aliphatic rings. The molecule has 2 N–H and O–H groups in total. The van der Waals surface area contributed by atoms with Crippen LogP contribution in [0, 0.1) is 5.92 Å². The lowest BCUT2D eigenvalue weighted by Gasteiger charge is -2.29. The van der Waals surface area contributed by atoms with Gasteiger partial charge in [0.25, 0.3) is 5.91 Å². The van der Waals surface area contributed by atoms with Crippen LogP contribution in [0.25, 0.3) is 0 Å². The van der Waals surface area contributed by atoms with E-state index >= 15 is 0 Å². The molecule has 160 valence electrons.